The molecule has 0 aliphatic rings. The van der Waals surface area contributed by atoms with Crippen molar-refractivity contribution < 1.29 is 40.6 Å². The Kier molecular flexibility index (Phi) is 7.39. The van der Waals surface area contributed by atoms with Gasteiger partial charge in [0.25, 0.3) is 0 Å². The predicted octanol–water partition coefficient (Wildman–Crippen LogP) is 8.14. The van der Waals surface area contributed by atoms with Gasteiger partial charge in [-0.3, -0.25) is 0 Å². The van der Waals surface area contributed by atoms with Gasteiger partial charge in [0, 0.05) is 11.8 Å². The van der Waals surface area contributed by atoms with Crippen molar-refractivity contribution in [2.24, 2.45) is 5.11 Å². The van der Waals surface area contributed by atoms with E-state index in [1.165, 1.54) is 0 Å². The van der Waals surface area contributed by atoms with E-state index in [4.69, 9.17) is 45.4 Å². The molecule has 0 saturated heterocycles. The first-order chi connectivity index (χ1) is 14.5. The lowest BCUT2D eigenvalue weighted by molar-refractivity contribution is -0.348. The molecule has 5 nitrogen and oxygen atoms in total. The second kappa shape index (κ2) is 9.04. The van der Waals surface area contributed by atoms with Crippen molar-refractivity contribution in [1.82, 2.24) is 0 Å². The van der Waals surface area contributed by atoms with Crippen LogP contribution in [-0.2, 0) is 5.67 Å². The number of aromatic carboxylic acids is 1. The lowest BCUT2D eigenvalue weighted by Gasteiger charge is -2.30. The Balaban J connectivity index is 2.50. The van der Waals surface area contributed by atoms with Gasteiger partial charge in [-0.05, 0) is 18.2 Å². The van der Waals surface area contributed by atoms with E-state index in [2.05, 4.69) is 10.4 Å². The summed E-state index contributed by atoms with van der Waals surface area (Å²) in [7, 11) is 0. The Hall–Kier alpha value is -2.09. The average Bonchev–Trinajstić information content (AvgIpc) is 3.03. The van der Waals surface area contributed by atoms with E-state index in [0.29, 0.717) is 0 Å². The van der Waals surface area contributed by atoms with Crippen molar-refractivity contribution in [2.45, 2.75) is 18.0 Å². The lowest BCUT2D eigenvalue weighted by Crippen LogP contribution is -2.50. The van der Waals surface area contributed by atoms with Crippen LogP contribution in [-0.4, -0.2) is 23.4 Å². The summed E-state index contributed by atoms with van der Waals surface area (Å²) in [5.41, 5.74) is -1.39. The molecule has 0 radical (unpaired) electrons. The number of nitrogens with one attached hydrogen (secondary N) is 2. The molecule has 3 N–H and O–H groups in total. The van der Waals surface area contributed by atoms with Crippen molar-refractivity contribution >= 4 is 63.5 Å². The fourth-order valence-electron chi connectivity index (χ4n) is 2.34. The molecule has 174 valence electrons. The summed E-state index contributed by atoms with van der Waals surface area (Å²) in [6.45, 7) is 0. The van der Waals surface area contributed by atoms with Gasteiger partial charge >= 0.3 is 24.0 Å². The maximum Gasteiger partial charge on any atom is 0.435 e. The number of alkyl halides is 7. The summed E-state index contributed by atoms with van der Waals surface area (Å²) < 4.78 is 91.7. The summed E-state index contributed by atoms with van der Waals surface area (Å²) in [4.78, 5) is 11.1. The molecular formula is C16H7Cl3F7N3O2S. The van der Waals surface area contributed by atoms with Gasteiger partial charge < -0.3 is 10.4 Å². The predicted molar refractivity (Wildman–Crippen MR) is 104 cm³/mol. The third kappa shape index (κ3) is 4.80. The smallest absolute Gasteiger partial charge is 0.435 e. The van der Waals surface area contributed by atoms with Crippen LogP contribution in [0.5, 0.6) is 0 Å². The van der Waals surface area contributed by atoms with Gasteiger partial charge in [0.2, 0.25) is 0 Å². The number of anilines is 1. The van der Waals surface area contributed by atoms with Gasteiger partial charge in [0.1, 0.15) is 10.0 Å². The largest absolute Gasteiger partial charge is 0.478 e. The third-order valence-electron chi connectivity index (χ3n) is 3.86. The topological polar surface area (TPSA) is 85.5 Å². The lowest BCUT2D eigenvalue weighted by atomic mass is 9.94. The molecule has 0 aliphatic heterocycles. The van der Waals surface area contributed by atoms with Gasteiger partial charge in [-0.1, -0.05) is 34.8 Å². The normalized spacial score (nSPS) is 13.2. The Morgan fingerprint density at radius 2 is 1.53 bits per heavy atom. The van der Waals surface area contributed by atoms with Crippen molar-refractivity contribution in [3.8, 4) is 0 Å². The Morgan fingerprint density at radius 1 is 1.03 bits per heavy atom. The van der Waals surface area contributed by atoms with E-state index in [1.807, 2.05) is 0 Å². The zero-order chi connectivity index (χ0) is 24.6. The quantitative estimate of drug-likeness (QED) is 0.253. The summed E-state index contributed by atoms with van der Waals surface area (Å²) in [6.07, 6.45) is -11.8. The molecule has 0 fully saturated rings. The van der Waals surface area contributed by atoms with E-state index >= 15 is 0 Å². The summed E-state index contributed by atoms with van der Waals surface area (Å²) in [5, 5.41) is 12.9. The highest BCUT2D eigenvalue weighted by Gasteiger charge is 2.73. The van der Waals surface area contributed by atoms with Crippen molar-refractivity contribution in [3.05, 3.63) is 54.8 Å². The van der Waals surface area contributed by atoms with Gasteiger partial charge in [-0.25, -0.2) is 14.7 Å². The minimum Gasteiger partial charge on any atom is -0.478 e. The number of halogens is 10. The standard InChI is InChI=1S/C16H7Cl3F7N3O2S/c17-7-1-5(14(20,15(21,22)23)16(24,25)26)2-8(18)11(7)28-4-9(29-27)10-3-6(13(30)31)12(19)32-10/h1-4,27-28H,(H,30,31)/b9-4-,29-27?. The third-order valence-corrected chi connectivity index (χ3v) is 5.84. The number of thiophene rings is 1. The van der Waals surface area contributed by atoms with Gasteiger partial charge in [0.15, 0.2) is 0 Å². The fourth-order valence-corrected chi connectivity index (χ4v) is 4.15. The van der Waals surface area contributed by atoms with Crippen LogP contribution < -0.4 is 5.32 Å². The number of benzene rings is 1. The highest BCUT2D eigenvalue weighted by Crippen LogP contribution is 2.54. The molecule has 0 spiro atoms. The Morgan fingerprint density at radius 3 is 1.91 bits per heavy atom. The molecular weight excluding hydrogens is 538 g/mol. The summed E-state index contributed by atoms with van der Waals surface area (Å²) in [5.74, 6) is -1.36. The van der Waals surface area contributed by atoms with Crippen molar-refractivity contribution in [2.75, 3.05) is 5.32 Å². The molecule has 32 heavy (non-hydrogen) atoms. The maximum absolute atomic E-state index is 14.2. The highest BCUT2D eigenvalue weighted by molar-refractivity contribution is 7.17. The number of hydrogen-bond acceptors (Lipinski definition) is 5. The van der Waals surface area contributed by atoms with E-state index in [-0.39, 0.29) is 32.6 Å². The highest BCUT2D eigenvalue weighted by atomic mass is 35.5. The minimum atomic E-state index is -6.36. The van der Waals surface area contributed by atoms with Crippen LogP contribution in [0.2, 0.25) is 14.4 Å². The monoisotopic (exact) mass is 543 g/mol. The van der Waals surface area contributed by atoms with Gasteiger partial charge in [0.05, 0.1) is 26.2 Å². The zero-order valence-corrected chi connectivity index (χ0v) is 17.9. The molecule has 0 bridgehead atoms. The van der Waals surface area contributed by atoms with Gasteiger partial charge in [-0.2, -0.15) is 31.5 Å². The molecule has 1 aromatic carbocycles. The fraction of sp³-hybridized carbons (Fsp3) is 0.188. The van der Waals surface area contributed by atoms with E-state index in [0.717, 1.165) is 23.6 Å². The number of carbonyl (C=O) groups is 1. The maximum atomic E-state index is 14.2. The second-order valence-corrected chi connectivity index (χ2v) is 8.33. The molecule has 2 rings (SSSR count). The van der Waals surface area contributed by atoms with E-state index in [1.54, 1.807) is 0 Å². The average molecular weight is 545 g/mol. The Labute approximate surface area is 192 Å². The zero-order valence-electron chi connectivity index (χ0n) is 14.8. The minimum absolute atomic E-state index is 0.0793. The molecule has 0 unspecified atom stereocenters. The van der Waals surface area contributed by atoms with Crippen LogP contribution >= 0.6 is 46.1 Å². The summed E-state index contributed by atoms with van der Waals surface area (Å²) in [6, 6.07) is 1.29. The molecule has 0 atom stereocenters. The second-order valence-electron chi connectivity index (χ2n) is 5.86. The number of nitrogens with zero attached hydrogens (tertiary/aromatic N) is 1. The van der Waals surface area contributed by atoms with E-state index in [9.17, 15) is 35.5 Å². The number of carboxylic acids is 1. The first-order valence-corrected chi connectivity index (χ1v) is 9.68. The molecule has 0 amide bonds. The van der Waals surface area contributed by atoms with Crippen molar-refractivity contribution in [3.63, 3.8) is 0 Å². The molecule has 1 aromatic heterocycles. The molecule has 0 aliphatic carbocycles. The van der Waals surface area contributed by atoms with Crippen LogP contribution in [0.15, 0.2) is 29.5 Å². The van der Waals surface area contributed by atoms with Crippen molar-refractivity contribution in [1.29, 1.82) is 5.53 Å². The van der Waals surface area contributed by atoms with Crippen LogP contribution in [0.3, 0.4) is 0 Å². The van der Waals surface area contributed by atoms with Crippen LogP contribution in [0.4, 0.5) is 36.4 Å². The SMILES string of the molecule is N=N/C(=C\Nc1c(Cl)cc(C(F)(C(F)(F)F)C(F)(F)F)cc1Cl)c1cc(C(=O)O)c(Cl)s1. The van der Waals surface area contributed by atoms with Crippen LogP contribution in [0.1, 0.15) is 20.8 Å². The first-order valence-electron chi connectivity index (χ1n) is 7.73. The number of rotatable bonds is 6. The molecule has 16 heteroatoms. The summed E-state index contributed by atoms with van der Waals surface area (Å²) >= 11 is 18.0. The Bertz CT molecular complexity index is 1060. The van der Waals surface area contributed by atoms with Crippen LogP contribution in [0, 0.1) is 5.53 Å². The van der Waals surface area contributed by atoms with Crippen LogP contribution in [0.25, 0.3) is 5.70 Å². The molecule has 1 heterocycles. The number of hydrogen-bond donors (Lipinski definition) is 3. The first kappa shape index (κ1) is 26.2. The molecule has 2 aromatic rings. The van der Waals surface area contributed by atoms with E-state index < -0.39 is 45.3 Å². The molecule has 0 saturated carbocycles. The van der Waals surface area contributed by atoms with Gasteiger partial charge in [-0.15, -0.1) is 11.3 Å². The number of carboxylic acid groups (broad SMARTS) is 1.